The lowest BCUT2D eigenvalue weighted by molar-refractivity contribution is -0.0904. The second kappa shape index (κ2) is 17.0. The summed E-state index contributed by atoms with van der Waals surface area (Å²) in [5, 5.41) is 1.94. The lowest BCUT2D eigenvalue weighted by Gasteiger charge is -2.58. The summed E-state index contributed by atoms with van der Waals surface area (Å²) in [7, 11) is 0. The summed E-state index contributed by atoms with van der Waals surface area (Å²) in [5.74, 6) is 12.5. The Balaban J connectivity index is 0.787. The molecule has 0 bridgehead atoms. The van der Waals surface area contributed by atoms with Crippen molar-refractivity contribution in [2.24, 2.45) is 76.4 Å². The zero-order chi connectivity index (χ0) is 38.2. The van der Waals surface area contributed by atoms with Crippen molar-refractivity contribution < 1.29 is 4.74 Å². The quantitative estimate of drug-likeness (QED) is 0.265. The van der Waals surface area contributed by atoms with Crippen LogP contribution in [0.5, 0.6) is 0 Å². The summed E-state index contributed by atoms with van der Waals surface area (Å²) in [4.78, 5) is 3.45. The van der Waals surface area contributed by atoms with Crippen molar-refractivity contribution in [1.82, 2.24) is 4.90 Å². The fourth-order valence-electron chi connectivity index (χ4n) is 21.0. The number of ether oxygens (including phenoxy) is 1. The molecule has 2 aliphatic heterocycles. The first-order valence-electron chi connectivity index (χ1n) is 27.9. The van der Waals surface area contributed by atoms with Gasteiger partial charge in [-0.3, -0.25) is 4.90 Å². The minimum absolute atomic E-state index is 0.625. The van der Waals surface area contributed by atoms with Gasteiger partial charge in [0.25, 0.3) is 0 Å². The van der Waals surface area contributed by atoms with Crippen LogP contribution in [0.4, 0.5) is 0 Å². The molecule has 0 aromatic rings. The van der Waals surface area contributed by atoms with Crippen molar-refractivity contribution >= 4 is 11.8 Å². The van der Waals surface area contributed by atoms with Gasteiger partial charge < -0.3 is 4.74 Å². The molecule has 10 aliphatic carbocycles. The highest BCUT2D eigenvalue weighted by atomic mass is 32.2. The van der Waals surface area contributed by atoms with Gasteiger partial charge >= 0.3 is 0 Å². The minimum Gasteiger partial charge on any atom is -0.374 e. The molecule has 0 aromatic carbocycles. The van der Waals surface area contributed by atoms with Gasteiger partial charge in [-0.15, -0.1) is 0 Å². The topological polar surface area (TPSA) is 12.5 Å². The van der Waals surface area contributed by atoms with Gasteiger partial charge in [-0.1, -0.05) is 89.9 Å². The first-order chi connectivity index (χ1) is 28.8. The van der Waals surface area contributed by atoms with E-state index in [1.54, 1.807) is 154 Å². The Morgan fingerprint density at radius 3 is 1.67 bits per heavy atom. The monoisotopic (exact) mass is 812 g/mol. The maximum absolute atomic E-state index is 6.91. The van der Waals surface area contributed by atoms with Crippen LogP contribution in [0, 0.1) is 76.4 Å². The zero-order valence-corrected chi connectivity index (χ0v) is 38.3. The molecule has 0 N–H and O–H groups in total. The van der Waals surface area contributed by atoms with Crippen molar-refractivity contribution in [3.8, 4) is 0 Å². The Morgan fingerprint density at radius 2 is 0.914 bits per heavy atom. The van der Waals surface area contributed by atoms with E-state index in [0.29, 0.717) is 12.2 Å². The number of hydrogen-bond donors (Lipinski definition) is 0. The van der Waals surface area contributed by atoms with E-state index in [2.05, 4.69) is 16.7 Å². The average Bonchev–Trinajstić information content (AvgIpc) is 3.96. The first-order valence-corrected chi connectivity index (χ1v) is 28.8. The Kier molecular flexibility index (Phi) is 11.7. The summed E-state index contributed by atoms with van der Waals surface area (Å²) >= 11 is 2.61. The van der Waals surface area contributed by atoms with Crippen molar-refractivity contribution in [1.29, 1.82) is 0 Å². The molecule has 12 fully saturated rings. The summed E-state index contributed by atoms with van der Waals surface area (Å²) in [6.45, 7) is 0. The fourth-order valence-corrected chi connectivity index (χ4v) is 23.6. The minimum atomic E-state index is 0.625. The molecule has 0 amide bonds. The lowest BCUT2D eigenvalue weighted by Crippen LogP contribution is -2.56. The number of thioether (sulfide) groups is 1. The van der Waals surface area contributed by atoms with E-state index in [-0.39, 0.29) is 0 Å². The van der Waals surface area contributed by atoms with E-state index in [9.17, 15) is 0 Å². The predicted octanol–water partition coefficient (Wildman–Crippen LogP) is 14.8. The summed E-state index contributed by atoms with van der Waals surface area (Å²) in [6.07, 6.45) is 55.5. The van der Waals surface area contributed by atoms with Crippen molar-refractivity contribution in [2.75, 3.05) is 0 Å². The molecular formula is C55H89NOS. The van der Waals surface area contributed by atoms with Gasteiger partial charge in [-0.25, -0.2) is 0 Å². The molecule has 3 heteroatoms. The Labute approximate surface area is 361 Å². The largest absolute Gasteiger partial charge is 0.374 e. The van der Waals surface area contributed by atoms with E-state index in [4.69, 9.17) is 4.74 Å². The van der Waals surface area contributed by atoms with Crippen molar-refractivity contribution in [3.63, 3.8) is 0 Å². The van der Waals surface area contributed by atoms with Gasteiger partial charge in [0.15, 0.2) is 0 Å². The predicted molar refractivity (Wildman–Crippen MR) is 243 cm³/mol. The molecule has 2 saturated heterocycles. The van der Waals surface area contributed by atoms with Gasteiger partial charge in [-0.05, 0) is 205 Å². The molecule has 14 atom stereocenters. The summed E-state index contributed by atoms with van der Waals surface area (Å²) in [5.41, 5.74) is 0.724. The fraction of sp³-hybridized carbons (Fsp3) is 1.00. The van der Waals surface area contributed by atoms with E-state index >= 15 is 0 Å². The highest BCUT2D eigenvalue weighted by Gasteiger charge is 2.66. The normalized spacial score (nSPS) is 50.0. The highest BCUT2D eigenvalue weighted by molar-refractivity contribution is 8.00. The van der Waals surface area contributed by atoms with Crippen LogP contribution >= 0.6 is 11.8 Å². The molecular weight excluding hydrogens is 723 g/mol. The molecule has 0 aromatic heterocycles. The van der Waals surface area contributed by atoms with Gasteiger partial charge in [0, 0.05) is 34.5 Å². The summed E-state index contributed by atoms with van der Waals surface area (Å²) < 4.78 is 6.91. The van der Waals surface area contributed by atoms with Crippen LogP contribution in [-0.4, -0.2) is 45.7 Å². The maximum Gasteiger partial charge on any atom is 0.0621 e. The third kappa shape index (κ3) is 6.69. The zero-order valence-electron chi connectivity index (χ0n) is 37.5. The Morgan fingerprint density at radius 1 is 0.362 bits per heavy atom. The van der Waals surface area contributed by atoms with E-state index in [1.165, 1.54) is 70.6 Å². The third-order valence-corrected chi connectivity index (χ3v) is 24.7. The molecule has 0 radical (unpaired) electrons. The Hall–Kier alpha value is 0.270. The van der Waals surface area contributed by atoms with Crippen LogP contribution in [0.2, 0.25) is 0 Å². The molecule has 12 rings (SSSR count). The van der Waals surface area contributed by atoms with Crippen LogP contribution in [0.3, 0.4) is 0 Å². The van der Waals surface area contributed by atoms with E-state index in [0.717, 1.165) is 105 Å². The number of fused-ring (bicyclic) bond motifs is 10. The third-order valence-electron chi connectivity index (χ3n) is 22.7. The van der Waals surface area contributed by atoms with Gasteiger partial charge in [-0.2, -0.15) is 11.8 Å². The second-order valence-corrected chi connectivity index (χ2v) is 25.9. The second-order valence-electron chi connectivity index (χ2n) is 24.6. The van der Waals surface area contributed by atoms with Crippen LogP contribution in [0.25, 0.3) is 0 Å². The number of hydrogen-bond acceptors (Lipinski definition) is 3. The molecule has 326 valence electrons. The van der Waals surface area contributed by atoms with E-state index in [1.807, 2.05) is 0 Å². The molecule has 2 heterocycles. The molecule has 14 unspecified atom stereocenters. The standard InChI is InChI=1S/C55H89NOS/c1-4-15-37(16-5-1)55(38-17-6-2-7-18-38)48-25-12-10-21-43(48)44-32-31-41(35-49(44)55)56(39-19-8-3-9-20-39)40-29-27-36(28-30-40)42-23-14-24-45-46-33-34-51-52(54(46)58-53(42)45)47-22-11-13-26-50(47)57-51/h36-54H,1-35H2. The SMILES string of the molecule is C1CCC(N(C2CCC(C3CCCC4C5CCC6OC7CCCCC7C6C5SC34)CC2)C2CCC3C4CCCCC4C(C4CCCCC4)(C4CCCCC4)C3C2)CC1. The molecule has 0 spiro atoms. The summed E-state index contributed by atoms with van der Waals surface area (Å²) in [6, 6.07) is 2.73. The van der Waals surface area contributed by atoms with Gasteiger partial charge in [0.05, 0.1) is 12.2 Å². The Bertz CT molecular complexity index is 1350. The van der Waals surface area contributed by atoms with E-state index < -0.39 is 0 Å². The van der Waals surface area contributed by atoms with Crippen LogP contribution in [-0.2, 0) is 4.74 Å². The maximum atomic E-state index is 6.91. The van der Waals surface area contributed by atoms with Crippen molar-refractivity contribution in [2.45, 2.75) is 266 Å². The van der Waals surface area contributed by atoms with Crippen LogP contribution in [0.1, 0.15) is 225 Å². The van der Waals surface area contributed by atoms with Gasteiger partial charge in [0.1, 0.15) is 0 Å². The average molecular weight is 812 g/mol. The number of nitrogens with zero attached hydrogens (tertiary/aromatic N) is 1. The van der Waals surface area contributed by atoms with Crippen molar-refractivity contribution in [3.05, 3.63) is 0 Å². The van der Waals surface area contributed by atoms with Crippen LogP contribution < -0.4 is 0 Å². The molecule has 58 heavy (non-hydrogen) atoms. The molecule has 12 aliphatic rings. The first kappa shape index (κ1) is 39.8. The smallest absolute Gasteiger partial charge is 0.0621 e. The van der Waals surface area contributed by atoms with Gasteiger partial charge in [0.2, 0.25) is 0 Å². The number of rotatable bonds is 6. The lowest BCUT2D eigenvalue weighted by atomic mass is 9.48. The molecule has 2 nitrogen and oxygen atoms in total. The van der Waals surface area contributed by atoms with Crippen LogP contribution in [0.15, 0.2) is 0 Å². The molecule has 10 saturated carbocycles. The highest BCUT2D eigenvalue weighted by Crippen LogP contribution is 2.72.